The summed E-state index contributed by atoms with van der Waals surface area (Å²) in [4.78, 5) is 0. The molecule has 0 fully saturated rings. The SMILES string of the molecule is Cc1cc2c(c(Cl)c1-c1cc(N)on1)OCO2. The van der Waals surface area contributed by atoms with E-state index in [1.54, 1.807) is 6.07 Å². The molecule has 0 atom stereocenters. The number of nitrogen functional groups attached to an aromatic ring is 1. The number of anilines is 1. The van der Waals surface area contributed by atoms with Crippen LogP contribution in [-0.2, 0) is 0 Å². The lowest BCUT2D eigenvalue weighted by Crippen LogP contribution is -1.93. The third-order valence-electron chi connectivity index (χ3n) is 2.59. The van der Waals surface area contributed by atoms with Crippen LogP contribution in [0.2, 0.25) is 5.02 Å². The summed E-state index contributed by atoms with van der Waals surface area (Å²) in [5.74, 6) is 1.43. The maximum Gasteiger partial charge on any atom is 0.231 e. The molecule has 1 aromatic heterocycles. The average Bonchev–Trinajstić information content (AvgIpc) is 2.87. The molecule has 2 N–H and O–H groups in total. The van der Waals surface area contributed by atoms with Gasteiger partial charge in [0.05, 0.1) is 5.02 Å². The summed E-state index contributed by atoms with van der Waals surface area (Å²) in [6.45, 7) is 2.09. The smallest absolute Gasteiger partial charge is 0.231 e. The second kappa shape index (κ2) is 3.56. The predicted octanol–water partition coefficient (Wildman–Crippen LogP) is 2.61. The first-order valence-electron chi connectivity index (χ1n) is 4.98. The normalized spacial score (nSPS) is 13.1. The second-order valence-corrected chi connectivity index (χ2v) is 4.11. The number of rotatable bonds is 1. The predicted molar refractivity (Wildman–Crippen MR) is 62.2 cm³/mol. The zero-order chi connectivity index (χ0) is 12.0. The molecule has 0 radical (unpaired) electrons. The van der Waals surface area contributed by atoms with Crippen LogP contribution in [0.3, 0.4) is 0 Å². The van der Waals surface area contributed by atoms with Gasteiger partial charge in [0.25, 0.3) is 0 Å². The van der Waals surface area contributed by atoms with Gasteiger partial charge in [0.1, 0.15) is 5.69 Å². The van der Waals surface area contributed by atoms with Gasteiger partial charge in [0.2, 0.25) is 12.7 Å². The molecule has 1 aliphatic heterocycles. The van der Waals surface area contributed by atoms with E-state index < -0.39 is 0 Å². The molecule has 0 saturated heterocycles. The molecule has 0 amide bonds. The van der Waals surface area contributed by atoms with Gasteiger partial charge in [-0.05, 0) is 18.6 Å². The molecule has 2 aromatic rings. The number of aromatic nitrogens is 1. The number of halogens is 1. The van der Waals surface area contributed by atoms with Gasteiger partial charge in [-0.1, -0.05) is 16.8 Å². The molecule has 6 heteroatoms. The molecular weight excluding hydrogens is 244 g/mol. The molecule has 3 rings (SSSR count). The van der Waals surface area contributed by atoms with Gasteiger partial charge in [-0.25, -0.2) is 0 Å². The average molecular weight is 253 g/mol. The maximum absolute atomic E-state index is 6.28. The van der Waals surface area contributed by atoms with Crippen molar-refractivity contribution in [2.75, 3.05) is 12.5 Å². The van der Waals surface area contributed by atoms with E-state index in [1.807, 2.05) is 13.0 Å². The third-order valence-corrected chi connectivity index (χ3v) is 2.95. The molecule has 2 heterocycles. The van der Waals surface area contributed by atoms with Crippen LogP contribution in [0.4, 0.5) is 5.88 Å². The van der Waals surface area contributed by atoms with E-state index in [-0.39, 0.29) is 12.7 Å². The van der Waals surface area contributed by atoms with Gasteiger partial charge in [-0.2, -0.15) is 0 Å². The standard InChI is InChI=1S/C11H9ClN2O3/c1-5-2-7-11(16-4-15-7)10(12)9(5)6-3-8(13)17-14-6/h2-3H,4,13H2,1H3. The summed E-state index contributed by atoms with van der Waals surface area (Å²) >= 11 is 6.28. The molecule has 5 nitrogen and oxygen atoms in total. The van der Waals surface area contributed by atoms with Crippen LogP contribution in [-0.4, -0.2) is 11.9 Å². The van der Waals surface area contributed by atoms with Crippen molar-refractivity contribution >= 4 is 17.5 Å². The Morgan fingerprint density at radius 2 is 2.18 bits per heavy atom. The Morgan fingerprint density at radius 1 is 1.35 bits per heavy atom. The first kappa shape index (κ1) is 10.3. The quantitative estimate of drug-likeness (QED) is 0.845. The van der Waals surface area contributed by atoms with Crippen LogP contribution >= 0.6 is 11.6 Å². The highest BCUT2D eigenvalue weighted by molar-refractivity contribution is 6.35. The number of benzene rings is 1. The Balaban J connectivity index is 2.23. The minimum absolute atomic E-state index is 0.179. The monoisotopic (exact) mass is 252 g/mol. The van der Waals surface area contributed by atoms with Gasteiger partial charge in [0, 0.05) is 11.6 Å². The molecule has 0 unspecified atom stereocenters. The van der Waals surface area contributed by atoms with Crippen molar-refractivity contribution in [1.82, 2.24) is 5.16 Å². The van der Waals surface area contributed by atoms with E-state index in [1.165, 1.54) is 0 Å². The van der Waals surface area contributed by atoms with Crippen molar-refractivity contribution in [3.8, 4) is 22.8 Å². The molecule has 88 valence electrons. The Kier molecular flexibility index (Phi) is 2.16. The zero-order valence-electron chi connectivity index (χ0n) is 8.99. The van der Waals surface area contributed by atoms with Crippen molar-refractivity contribution < 1.29 is 14.0 Å². The zero-order valence-corrected chi connectivity index (χ0v) is 9.75. The number of hydrogen-bond acceptors (Lipinski definition) is 5. The molecule has 0 saturated carbocycles. The van der Waals surface area contributed by atoms with Crippen LogP contribution in [0.5, 0.6) is 11.5 Å². The van der Waals surface area contributed by atoms with E-state index in [0.717, 1.165) is 11.1 Å². The van der Waals surface area contributed by atoms with E-state index >= 15 is 0 Å². The third kappa shape index (κ3) is 1.51. The van der Waals surface area contributed by atoms with E-state index in [2.05, 4.69) is 5.16 Å². The topological polar surface area (TPSA) is 70.5 Å². The van der Waals surface area contributed by atoms with Gasteiger partial charge in [0.15, 0.2) is 11.5 Å². The molecular formula is C11H9ClN2O3. The number of ether oxygens (including phenoxy) is 2. The first-order chi connectivity index (χ1) is 8.16. The van der Waals surface area contributed by atoms with Gasteiger partial charge < -0.3 is 19.7 Å². The first-order valence-corrected chi connectivity index (χ1v) is 5.36. The van der Waals surface area contributed by atoms with Crippen molar-refractivity contribution in [3.63, 3.8) is 0 Å². The number of nitrogens with two attached hydrogens (primary N) is 1. The van der Waals surface area contributed by atoms with Crippen LogP contribution < -0.4 is 15.2 Å². The molecule has 0 aliphatic carbocycles. The highest BCUT2D eigenvalue weighted by Crippen LogP contribution is 2.46. The fourth-order valence-electron chi connectivity index (χ4n) is 1.84. The fraction of sp³-hybridized carbons (Fsp3) is 0.182. The van der Waals surface area contributed by atoms with Crippen LogP contribution in [0.15, 0.2) is 16.7 Å². The Labute approximate surface area is 102 Å². The fourth-order valence-corrected chi connectivity index (χ4v) is 2.24. The highest BCUT2D eigenvalue weighted by atomic mass is 35.5. The molecule has 1 aromatic carbocycles. The van der Waals surface area contributed by atoms with Gasteiger partial charge in [-0.3, -0.25) is 0 Å². The summed E-state index contributed by atoms with van der Waals surface area (Å²) in [7, 11) is 0. The molecule has 0 spiro atoms. The summed E-state index contributed by atoms with van der Waals surface area (Å²) in [5, 5.41) is 4.32. The summed E-state index contributed by atoms with van der Waals surface area (Å²) in [6, 6.07) is 3.48. The van der Waals surface area contributed by atoms with Crippen molar-refractivity contribution in [2.45, 2.75) is 6.92 Å². The van der Waals surface area contributed by atoms with Crippen molar-refractivity contribution in [3.05, 3.63) is 22.7 Å². The van der Waals surface area contributed by atoms with Crippen LogP contribution in [0.1, 0.15) is 5.56 Å². The minimum atomic E-state index is 0.179. The van der Waals surface area contributed by atoms with Crippen molar-refractivity contribution in [2.24, 2.45) is 0 Å². The van der Waals surface area contributed by atoms with Crippen molar-refractivity contribution in [1.29, 1.82) is 0 Å². The molecule has 0 bridgehead atoms. The number of nitrogens with zero attached hydrogens (tertiary/aromatic N) is 1. The molecule has 17 heavy (non-hydrogen) atoms. The number of fused-ring (bicyclic) bond motifs is 1. The lowest BCUT2D eigenvalue weighted by atomic mass is 10.0. The lowest BCUT2D eigenvalue weighted by molar-refractivity contribution is 0.174. The summed E-state index contributed by atoms with van der Waals surface area (Å²) < 4.78 is 15.4. The van der Waals surface area contributed by atoms with Crippen LogP contribution in [0, 0.1) is 6.92 Å². The summed E-state index contributed by atoms with van der Waals surface area (Å²) in [5.41, 5.74) is 7.76. The van der Waals surface area contributed by atoms with E-state index in [0.29, 0.717) is 22.2 Å². The summed E-state index contributed by atoms with van der Waals surface area (Å²) in [6.07, 6.45) is 0. The molecule has 1 aliphatic rings. The Hall–Kier alpha value is -1.88. The largest absolute Gasteiger partial charge is 0.454 e. The van der Waals surface area contributed by atoms with Crippen LogP contribution in [0.25, 0.3) is 11.3 Å². The van der Waals surface area contributed by atoms with Gasteiger partial charge >= 0.3 is 0 Å². The van der Waals surface area contributed by atoms with Gasteiger partial charge in [-0.15, -0.1) is 0 Å². The van der Waals surface area contributed by atoms with E-state index in [4.69, 9.17) is 31.3 Å². The van der Waals surface area contributed by atoms with E-state index in [9.17, 15) is 0 Å². The number of aryl methyl sites for hydroxylation is 1. The highest BCUT2D eigenvalue weighted by Gasteiger charge is 2.24. The Bertz CT molecular complexity index is 595. The Morgan fingerprint density at radius 3 is 2.88 bits per heavy atom. The minimum Gasteiger partial charge on any atom is -0.454 e. The second-order valence-electron chi connectivity index (χ2n) is 3.73. The number of hydrogen-bond donors (Lipinski definition) is 1. The lowest BCUT2D eigenvalue weighted by Gasteiger charge is -2.07. The maximum atomic E-state index is 6.28.